The molecule has 588 valence electrons. The van der Waals surface area contributed by atoms with Crippen LogP contribution >= 0.6 is 15.6 Å². The molecule has 0 saturated carbocycles. The number of hydrogen-bond donors (Lipinski definition) is 3. The molecule has 0 aliphatic heterocycles. The van der Waals surface area contributed by atoms with E-state index in [1.54, 1.807) is 0 Å². The molecule has 0 heterocycles. The van der Waals surface area contributed by atoms with Gasteiger partial charge in [0.05, 0.1) is 26.4 Å². The van der Waals surface area contributed by atoms with Crippen LogP contribution in [-0.2, 0) is 65.4 Å². The van der Waals surface area contributed by atoms with Gasteiger partial charge in [-0.15, -0.1) is 0 Å². The molecule has 0 bridgehead atoms. The van der Waals surface area contributed by atoms with Crippen LogP contribution in [0.1, 0.15) is 426 Å². The molecule has 0 spiro atoms. The topological polar surface area (TPSA) is 237 Å². The van der Waals surface area contributed by atoms with Crippen molar-refractivity contribution in [3.05, 3.63) is 0 Å². The van der Waals surface area contributed by atoms with Crippen LogP contribution in [0.2, 0.25) is 0 Å². The summed E-state index contributed by atoms with van der Waals surface area (Å²) in [7, 11) is -9.91. The van der Waals surface area contributed by atoms with Gasteiger partial charge in [-0.1, -0.05) is 375 Å². The van der Waals surface area contributed by atoms with E-state index in [-0.39, 0.29) is 25.7 Å². The van der Waals surface area contributed by atoms with Crippen LogP contribution in [0.5, 0.6) is 0 Å². The minimum absolute atomic E-state index is 0.108. The molecule has 99 heavy (non-hydrogen) atoms. The number of carbonyl (C=O) groups excluding carboxylic acids is 4. The van der Waals surface area contributed by atoms with Gasteiger partial charge < -0.3 is 33.8 Å². The summed E-state index contributed by atoms with van der Waals surface area (Å²) in [5.41, 5.74) is 0. The molecule has 19 heteroatoms. The second-order valence-corrected chi connectivity index (χ2v) is 32.0. The van der Waals surface area contributed by atoms with Crippen LogP contribution in [0.3, 0.4) is 0 Å². The predicted molar refractivity (Wildman–Crippen MR) is 405 cm³/mol. The van der Waals surface area contributed by atoms with Crippen molar-refractivity contribution in [2.24, 2.45) is 5.92 Å². The monoisotopic (exact) mass is 1450 g/mol. The van der Waals surface area contributed by atoms with E-state index >= 15 is 0 Å². The molecule has 17 nitrogen and oxygen atoms in total. The van der Waals surface area contributed by atoms with Crippen molar-refractivity contribution >= 4 is 39.5 Å². The summed E-state index contributed by atoms with van der Waals surface area (Å²) in [5.74, 6) is -1.26. The van der Waals surface area contributed by atoms with Gasteiger partial charge in [0, 0.05) is 25.7 Å². The number of aliphatic hydroxyl groups is 1. The van der Waals surface area contributed by atoms with Crippen molar-refractivity contribution in [2.75, 3.05) is 39.6 Å². The number of phosphoric ester groups is 2. The molecule has 3 N–H and O–H groups in total. The number of rotatable bonds is 80. The largest absolute Gasteiger partial charge is 0.472 e. The fourth-order valence-electron chi connectivity index (χ4n) is 12.4. The molecule has 0 aromatic heterocycles. The first-order valence-electron chi connectivity index (χ1n) is 41.7. The minimum atomic E-state index is -4.96. The van der Waals surface area contributed by atoms with Crippen molar-refractivity contribution in [1.82, 2.24) is 0 Å². The summed E-state index contributed by atoms with van der Waals surface area (Å²) in [5, 5.41) is 10.6. The first-order valence-corrected chi connectivity index (χ1v) is 44.7. The van der Waals surface area contributed by atoms with Crippen molar-refractivity contribution in [3.63, 3.8) is 0 Å². The number of phosphoric acid groups is 2. The molecule has 0 saturated heterocycles. The zero-order chi connectivity index (χ0) is 72.7. The molecule has 0 rings (SSSR count). The highest BCUT2D eigenvalue weighted by Gasteiger charge is 2.30. The minimum Gasteiger partial charge on any atom is -0.462 e. The molecule has 0 amide bonds. The van der Waals surface area contributed by atoms with Gasteiger partial charge >= 0.3 is 39.5 Å². The quantitative estimate of drug-likeness (QED) is 0.0222. The maximum Gasteiger partial charge on any atom is 0.472 e. The number of ether oxygens (including phenoxy) is 4. The van der Waals surface area contributed by atoms with Crippen LogP contribution in [0.25, 0.3) is 0 Å². The summed E-state index contributed by atoms with van der Waals surface area (Å²) in [4.78, 5) is 73.0. The van der Waals surface area contributed by atoms with E-state index in [0.717, 1.165) is 95.8 Å². The third-order valence-corrected chi connectivity index (χ3v) is 21.0. The van der Waals surface area contributed by atoms with E-state index in [1.165, 1.54) is 250 Å². The van der Waals surface area contributed by atoms with E-state index in [1.807, 2.05) is 0 Å². The molecule has 0 aliphatic rings. The van der Waals surface area contributed by atoms with Crippen molar-refractivity contribution in [3.8, 4) is 0 Å². The Morgan fingerprint density at radius 1 is 0.283 bits per heavy atom. The van der Waals surface area contributed by atoms with Gasteiger partial charge in [-0.3, -0.25) is 37.3 Å². The van der Waals surface area contributed by atoms with Gasteiger partial charge in [-0.25, -0.2) is 9.13 Å². The number of hydrogen-bond acceptors (Lipinski definition) is 15. The third kappa shape index (κ3) is 72.8. The Morgan fingerprint density at radius 2 is 0.485 bits per heavy atom. The summed E-state index contributed by atoms with van der Waals surface area (Å²) in [6, 6.07) is 0. The molecule has 6 atom stereocenters. The maximum absolute atomic E-state index is 13.1. The summed E-state index contributed by atoms with van der Waals surface area (Å²) in [6.07, 6.45) is 63.7. The highest BCUT2D eigenvalue weighted by atomic mass is 31.2. The number of unbranched alkanes of at least 4 members (excludes halogenated alkanes) is 51. The van der Waals surface area contributed by atoms with Gasteiger partial charge in [0.1, 0.15) is 19.3 Å². The Labute approximate surface area is 607 Å². The molecular formula is C80H156O17P2. The van der Waals surface area contributed by atoms with Gasteiger partial charge in [0.25, 0.3) is 0 Å². The smallest absolute Gasteiger partial charge is 0.462 e. The van der Waals surface area contributed by atoms with E-state index in [0.29, 0.717) is 25.7 Å². The highest BCUT2D eigenvalue weighted by molar-refractivity contribution is 7.47. The summed E-state index contributed by atoms with van der Waals surface area (Å²) in [6.45, 7) is 7.37. The Bertz CT molecular complexity index is 1890. The van der Waals surface area contributed by atoms with E-state index in [2.05, 4.69) is 34.6 Å². The van der Waals surface area contributed by atoms with Crippen LogP contribution < -0.4 is 0 Å². The standard InChI is InChI=1S/C80H156O17P2/c1-6-10-13-16-19-22-24-26-28-29-31-35-39-44-49-54-59-64-78(83)91-70-76(97-80(85)66-61-56-51-46-41-37-33-32-34-38-43-47-52-57-62-73(5)9-4)72-95-99(88,89)93-68-74(81)67-92-98(86,87)94-71-75(69-90-77(82)63-58-53-48-42-21-18-15-12-8-3)96-79(84)65-60-55-50-45-40-36-30-27-25-23-20-17-14-11-7-2/h73-76,81H,6-72H2,1-5H3,(H,86,87)(H,88,89)/t73?,74-,75+,76+/m0/s1. The molecule has 0 aliphatic carbocycles. The van der Waals surface area contributed by atoms with Crippen molar-refractivity contribution in [1.29, 1.82) is 0 Å². The van der Waals surface area contributed by atoms with E-state index < -0.39 is 97.5 Å². The second kappa shape index (κ2) is 73.0. The molecule has 0 fully saturated rings. The molecule has 3 unspecified atom stereocenters. The molecular weight excluding hydrogens is 1290 g/mol. The normalized spacial score (nSPS) is 14.1. The predicted octanol–water partition coefficient (Wildman–Crippen LogP) is 24.0. The Balaban J connectivity index is 5.23. The first kappa shape index (κ1) is 97.1. The third-order valence-electron chi connectivity index (χ3n) is 19.1. The van der Waals surface area contributed by atoms with Crippen molar-refractivity contribution in [2.45, 2.75) is 445 Å². The Morgan fingerprint density at radius 3 is 0.717 bits per heavy atom. The Kier molecular flexibility index (Phi) is 71.6. The highest BCUT2D eigenvalue weighted by Crippen LogP contribution is 2.45. The zero-order valence-corrected chi connectivity index (χ0v) is 66.4. The number of aliphatic hydroxyl groups excluding tert-OH is 1. The second-order valence-electron chi connectivity index (χ2n) is 29.1. The van der Waals surface area contributed by atoms with E-state index in [4.69, 9.17) is 37.0 Å². The van der Waals surface area contributed by atoms with Gasteiger partial charge in [0.15, 0.2) is 12.2 Å². The lowest BCUT2D eigenvalue weighted by atomic mass is 9.99. The maximum atomic E-state index is 13.1. The Hall–Kier alpha value is -1.94. The molecule has 0 aromatic carbocycles. The molecule has 0 aromatic rings. The fourth-order valence-corrected chi connectivity index (χ4v) is 14.0. The number of esters is 4. The summed E-state index contributed by atoms with van der Waals surface area (Å²) < 4.78 is 68.7. The average Bonchev–Trinajstić information content (AvgIpc) is 1.08. The van der Waals surface area contributed by atoms with Crippen LogP contribution in [-0.4, -0.2) is 96.7 Å². The van der Waals surface area contributed by atoms with Gasteiger partial charge in [0.2, 0.25) is 0 Å². The first-order chi connectivity index (χ1) is 48.1. The van der Waals surface area contributed by atoms with Gasteiger partial charge in [-0.05, 0) is 31.6 Å². The SMILES string of the molecule is CCCCCCCCCCCCCCCCCCCC(=O)OC[C@H](COP(=O)(O)OC[C@@H](O)COP(=O)(O)OC[C@@H](COC(=O)CCCCCCCCCCC)OC(=O)CCCCCCCCCCCCCCCCC)OC(=O)CCCCCCCCCCCCCCCCC(C)CC. The number of carbonyl (C=O) groups is 4. The lowest BCUT2D eigenvalue weighted by molar-refractivity contribution is -0.161. The lowest BCUT2D eigenvalue weighted by Gasteiger charge is -2.21. The van der Waals surface area contributed by atoms with Crippen LogP contribution in [0.15, 0.2) is 0 Å². The summed E-state index contributed by atoms with van der Waals surface area (Å²) >= 11 is 0. The fraction of sp³-hybridized carbons (Fsp3) is 0.950. The van der Waals surface area contributed by atoms with Crippen molar-refractivity contribution < 1.29 is 80.2 Å². The van der Waals surface area contributed by atoms with Crippen LogP contribution in [0.4, 0.5) is 0 Å². The van der Waals surface area contributed by atoms with Crippen LogP contribution in [0, 0.1) is 5.92 Å². The average molecular weight is 1450 g/mol. The lowest BCUT2D eigenvalue weighted by Crippen LogP contribution is -2.30. The zero-order valence-electron chi connectivity index (χ0n) is 64.6. The molecule has 0 radical (unpaired) electrons. The van der Waals surface area contributed by atoms with Gasteiger partial charge in [-0.2, -0.15) is 0 Å². The van der Waals surface area contributed by atoms with E-state index in [9.17, 15) is 43.2 Å².